The summed E-state index contributed by atoms with van der Waals surface area (Å²) in [5.74, 6) is -27.1. The number of ketones is 1. The molecular formula is C22H7BrF10N2O. The summed E-state index contributed by atoms with van der Waals surface area (Å²) in [7, 11) is 0. The zero-order valence-electron chi connectivity index (χ0n) is 17.0. The Hall–Kier alpha value is -3.55. The van der Waals surface area contributed by atoms with Gasteiger partial charge in [0.25, 0.3) is 0 Å². The highest BCUT2D eigenvalue weighted by atomic mass is 79.9. The highest BCUT2D eigenvalue weighted by Gasteiger charge is 2.35. The van der Waals surface area contributed by atoms with Crippen LogP contribution >= 0.6 is 15.9 Å². The van der Waals surface area contributed by atoms with E-state index >= 15 is 0 Å². The molecule has 14 heteroatoms. The first-order valence-electron chi connectivity index (χ1n) is 9.47. The summed E-state index contributed by atoms with van der Waals surface area (Å²) in [6.45, 7) is 0. The van der Waals surface area contributed by atoms with Gasteiger partial charge in [-0.15, -0.1) is 0 Å². The predicted octanol–water partition coefficient (Wildman–Crippen LogP) is 6.91. The number of H-pyrrole nitrogens is 2. The summed E-state index contributed by atoms with van der Waals surface area (Å²) in [6, 6.07) is 4.18. The van der Waals surface area contributed by atoms with Crippen molar-refractivity contribution >= 4 is 21.7 Å². The van der Waals surface area contributed by atoms with Crippen LogP contribution in [-0.2, 0) is 0 Å². The third-order valence-electron chi connectivity index (χ3n) is 5.22. The van der Waals surface area contributed by atoms with Crippen LogP contribution in [0.2, 0.25) is 0 Å². The number of rotatable bonds is 5. The van der Waals surface area contributed by atoms with Crippen LogP contribution in [0.4, 0.5) is 43.9 Å². The molecule has 4 rings (SSSR count). The van der Waals surface area contributed by atoms with Crippen molar-refractivity contribution in [2.75, 3.05) is 0 Å². The van der Waals surface area contributed by atoms with Gasteiger partial charge in [-0.1, -0.05) is 0 Å². The van der Waals surface area contributed by atoms with Gasteiger partial charge in [-0.25, -0.2) is 43.9 Å². The Labute approximate surface area is 201 Å². The number of halogens is 11. The molecule has 2 aromatic heterocycles. The molecule has 0 aliphatic carbocycles. The van der Waals surface area contributed by atoms with Crippen LogP contribution in [-0.4, -0.2) is 15.8 Å². The SMILES string of the molecule is O=C(c1ccc(C(c2ccc(Br)[nH]2)c2c(F)c(F)c(F)c(F)c2F)[nH]1)c1c(F)c(F)c(F)c(F)c1F. The molecule has 0 fully saturated rings. The standard InChI is InChI=1S/C22H7BrF10N2O/c23-8-4-3-6(35-8)9(10-12(24)16(28)20(32)17(29)13(10)25)5-1-2-7(34-5)22(36)11-14(26)18(30)21(33)19(31)15(11)27/h1-4,9,34-35H. The second-order valence-corrected chi connectivity index (χ2v) is 8.13. The Balaban J connectivity index is 1.91. The molecule has 1 unspecified atom stereocenters. The number of carbonyl (C=O) groups excluding carboxylic acids is 1. The molecule has 0 saturated heterocycles. The third-order valence-corrected chi connectivity index (χ3v) is 5.68. The molecule has 0 amide bonds. The monoisotopic (exact) mass is 584 g/mol. The number of nitrogens with one attached hydrogen (secondary N) is 2. The van der Waals surface area contributed by atoms with E-state index in [9.17, 15) is 48.7 Å². The number of hydrogen-bond acceptors (Lipinski definition) is 1. The summed E-state index contributed by atoms with van der Waals surface area (Å²) in [6.07, 6.45) is 0. The van der Waals surface area contributed by atoms with E-state index in [0.717, 1.165) is 12.1 Å². The van der Waals surface area contributed by atoms with Crippen molar-refractivity contribution in [1.29, 1.82) is 0 Å². The van der Waals surface area contributed by atoms with Crippen molar-refractivity contribution in [2.45, 2.75) is 5.92 Å². The summed E-state index contributed by atoms with van der Waals surface area (Å²) in [5.41, 5.74) is -4.58. The molecule has 0 radical (unpaired) electrons. The zero-order chi connectivity index (χ0) is 26.6. The molecule has 2 aromatic carbocycles. The average Bonchev–Trinajstić information content (AvgIpc) is 3.51. The molecule has 2 heterocycles. The smallest absolute Gasteiger partial charge is 0.215 e. The van der Waals surface area contributed by atoms with Crippen molar-refractivity contribution in [1.82, 2.24) is 9.97 Å². The fourth-order valence-corrected chi connectivity index (χ4v) is 3.92. The summed E-state index contributed by atoms with van der Waals surface area (Å²) in [4.78, 5) is 17.4. The quantitative estimate of drug-likeness (QED) is 0.114. The fourth-order valence-electron chi connectivity index (χ4n) is 3.56. The maximum atomic E-state index is 14.6. The lowest BCUT2D eigenvalue weighted by Gasteiger charge is -2.18. The minimum atomic E-state index is -2.50. The maximum Gasteiger partial charge on any atom is 0.215 e. The number of benzene rings is 2. The molecule has 3 nitrogen and oxygen atoms in total. The zero-order valence-corrected chi connectivity index (χ0v) is 18.5. The van der Waals surface area contributed by atoms with E-state index in [4.69, 9.17) is 0 Å². The number of carbonyl (C=O) groups is 1. The first kappa shape index (κ1) is 25.5. The van der Waals surface area contributed by atoms with Gasteiger partial charge in [0.1, 0.15) is 5.56 Å². The molecule has 188 valence electrons. The highest BCUT2D eigenvalue weighted by molar-refractivity contribution is 9.10. The number of hydrogen-bond donors (Lipinski definition) is 2. The number of aromatic nitrogens is 2. The van der Waals surface area contributed by atoms with Crippen LogP contribution in [0.15, 0.2) is 28.9 Å². The van der Waals surface area contributed by atoms with Gasteiger partial charge < -0.3 is 9.97 Å². The van der Waals surface area contributed by atoms with Crippen LogP contribution in [0.1, 0.15) is 38.9 Å². The van der Waals surface area contributed by atoms with Gasteiger partial charge in [0.15, 0.2) is 46.5 Å². The summed E-state index contributed by atoms with van der Waals surface area (Å²) in [5, 5.41) is 0. The van der Waals surface area contributed by atoms with E-state index in [-0.39, 0.29) is 10.3 Å². The molecule has 36 heavy (non-hydrogen) atoms. The number of aromatic amines is 2. The van der Waals surface area contributed by atoms with Crippen LogP contribution in [0.3, 0.4) is 0 Å². The second kappa shape index (κ2) is 9.15. The second-order valence-electron chi connectivity index (χ2n) is 7.28. The van der Waals surface area contributed by atoms with Crippen LogP contribution < -0.4 is 0 Å². The van der Waals surface area contributed by atoms with Crippen molar-refractivity contribution in [3.63, 3.8) is 0 Å². The molecule has 0 aliphatic rings. The third kappa shape index (κ3) is 3.88. The molecule has 4 aromatic rings. The lowest BCUT2D eigenvalue weighted by molar-refractivity contribution is 0.102. The molecule has 2 N–H and O–H groups in total. The van der Waals surface area contributed by atoms with E-state index in [1.807, 2.05) is 0 Å². The van der Waals surface area contributed by atoms with Gasteiger partial charge in [0, 0.05) is 17.0 Å². The Morgan fingerprint density at radius 1 is 0.583 bits per heavy atom. The Morgan fingerprint density at radius 3 is 1.47 bits per heavy atom. The maximum absolute atomic E-state index is 14.6. The Kier molecular flexibility index (Phi) is 6.49. The molecule has 0 spiro atoms. The molecule has 1 atom stereocenters. The molecule has 0 aliphatic heterocycles. The summed E-state index contributed by atoms with van der Waals surface area (Å²) < 4.78 is 139. The van der Waals surface area contributed by atoms with Crippen LogP contribution in [0.25, 0.3) is 0 Å². The van der Waals surface area contributed by atoms with Crippen LogP contribution in [0.5, 0.6) is 0 Å². The molecular weight excluding hydrogens is 578 g/mol. The minimum Gasteiger partial charge on any atom is -0.355 e. The van der Waals surface area contributed by atoms with E-state index in [2.05, 4.69) is 25.9 Å². The van der Waals surface area contributed by atoms with Crippen molar-refractivity contribution in [2.24, 2.45) is 0 Å². The molecule has 0 bridgehead atoms. The lowest BCUT2D eigenvalue weighted by Crippen LogP contribution is -2.16. The predicted molar refractivity (Wildman–Crippen MR) is 106 cm³/mol. The minimum absolute atomic E-state index is 0.165. The Bertz CT molecular complexity index is 1490. The van der Waals surface area contributed by atoms with Gasteiger partial charge in [0.2, 0.25) is 17.4 Å². The average molecular weight is 585 g/mol. The molecule has 0 saturated carbocycles. The topological polar surface area (TPSA) is 48.6 Å². The van der Waals surface area contributed by atoms with Gasteiger partial charge in [-0.3, -0.25) is 4.79 Å². The normalized spacial score (nSPS) is 12.3. The van der Waals surface area contributed by atoms with Crippen molar-refractivity contribution < 1.29 is 48.7 Å². The first-order chi connectivity index (χ1) is 16.9. The largest absolute Gasteiger partial charge is 0.355 e. The van der Waals surface area contributed by atoms with E-state index < -0.39 is 92.4 Å². The highest BCUT2D eigenvalue weighted by Crippen LogP contribution is 2.38. The fraction of sp³-hybridized carbons (Fsp3) is 0.0455. The van der Waals surface area contributed by atoms with Gasteiger partial charge >= 0.3 is 0 Å². The van der Waals surface area contributed by atoms with Gasteiger partial charge in [0.05, 0.1) is 16.2 Å². The van der Waals surface area contributed by atoms with E-state index in [1.165, 1.54) is 12.1 Å². The van der Waals surface area contributed by atoms with Gasteiger partial charge in [-0.2, -0.15) is 0 Å². The van der Waals surface area contributed by atoms with Crippen molar-refractivity contribution in [3.05, 3.63) is 115 Å². The van der Waals surface area contributed by atoms with E-state index in [0.29, 0.717) is 0 Å². The van der Waals surface area contributed by atoms with E-state index in [1.54, 1.807) is 0 Å². The summed E-state index contributed by atoms with van der Waals surface area (Å²) >= 11 is 3.02. The Morgan fingerprint density at radius 2 is 1.00 bits per heavy atom. The van der Waals surface area contributed by atoms with Crippen LogP contribution in [0, 0.1) is 58.2 Å². The first-order valence-corrected chi connectivity index (χ1v) is 10.3. The lowest BCUT2D eigenvalue weighted by atomic mass is 9.91. The van der Waals surface area contributed by atoms with Gasteiger partial charge in [-0.05, 0) is 40.2 Å². The van der Waals surface area contributed by atoms with Crippen molar-refractivity contribution in [3.8, 4) is 0 Å².